The summed E-state index contributed by atoms with van der Waals surface area (Å²) in [5.41, 5.74) is -0.611. The van der Waals surface area contributed by atoms with Crippen molar-refractivity contribution in [2.75, 3.05) is 20.5 Å². The molecule has 0 unspecified atom stereocenters. The minimum Gasteiger partial charge on any atom is -0.444 e. The number of methoxy groups -OCH3 is 1. The highest BCUT2D eigenvalue weighted by atomic mass is 16.7. The lowest BCUT2D eigenvalue weighted by Gasteiger charge is -2.23. The molecule has 0 aromatic carbocycles. The Balaban J connectivity index is 4.17. The molecule has 106 valence electrons. The zero-order valence-corrected chi connectivity index (χ0v) is 11.3. The number of ether oxygens (including phenoxy) is 3. The van der Waals surface area contributed by atoms with Crippen LogP contribution in [0.3, 0.4) is 0 Å². The monoisotopic (exact) mass is 263 g/mol. The van der Waals surface area contributed by atoms with Crippen LogP contribution in [0.1, 0.15) is 20.8 Å². The summed E-state index contributed by atoms with van der Waals surface area (Å²) in [6, 6.07) is -0.560. The topological polar surface area (TPSA) is 97.3 Å². The van der Waals surface area contributed by atoms with Crippen molar-refractivity contribution in [3.63, 3.8) is 0 Å². The summed E-state index contributed by atoms with van der Waals surface area (Å²) in [5.74, 6) is 0. The van der Waals surface area contributed by atoms with Gasteiger partial charge in [-0.3, -0.25) is 0 Å². The van der Waals surface area contributed by atoms with E-state index >= 15 is 0 Å². The van der Waals surface area contributed by atoms with Crippen LogP contribution in [-0.2, 0) is 14.2 Å². The van der Waals surface area contributed by atoms with Crippen molar-refractivity contribution in [1.82, 2.24) is 5.32 Å². The molecule has 0 aromatic rings. The summed E-state index contributed by atoms with van der Waals surface area (Å²) in [6.07, 6.45) is -0.683. The molecule has 0 radical (unpaired) electrons. The van der Waals surface area contributed by atoms with E-state index in [4.69, 9.17) is 24.3 Å². The lowest BCUT2D eigenvalue weighted by molar-refractivity contribution is -0.0377. The van der Waals surface area contributed by atoms with Crippen LogP contribution in [0.5, 0.6) is 0 Å². The van der Waals surface area contributed by atoms with Gasteiger partial charge >= 0.3 is 13.2 Å². The molecule has 0 aliphatic heterocycles. The first-order valence-corrected chi connectivity index (χ1v) is 5.67. The molecule has 1 atom stereocenters. The highest BCUT2D eigenvalue weighted by Gasteiger charge is 2.23. The number of hydrogen-bond acceptors (Lipinski definition) is 6. The van der Waals surface area contributed by atoms with E-state index in [1.54, 1.807) is 20.8 Å². The van der Waals surface area contributed by atoms with Crippen molar-refractivity contribution in [3.05, 3.63) is 0 Å². The molecule has 0 spiro atoms. The van der Waals surface area contributed by atoms with Crippen LogP contribution < -0.4 is 5.32 Å². The van der Waals surface area contributed by atoms with Crippen molar-refractivity contribution in [1.29, 1.82) is 0 Å². The highest BCUT2D eigenvalue weighted by Crippen LogP contribution is 2.07. The zero-order valence-electron chi connectivity index (χ0n) is 11.3. The molecule has 7 nitrogen and oxygen atoms in total. The molecule has 0 saturated heterocycles. The van der Waals surface area contributed by atoms with E-state index in [0.29, 0.717) is 0 Å². The molecular formula is C10H22BNO6. The number of hydrogen-bond donors (Lipinski definition) is 3. The van der Waals surface area contributed by atoms with Crippen LogP contribution in [-0.4, -0.2) is 55.4 Å². The summed E-state index contributed by atoms with van der Waals surface area (Å²) in [6.45, 7) is 5.39. The van der Waals surface area contributed by atoms with Gasteiger partial charge in [0.25, 0.3) is 0 Å². The van der Waals surface area contributed by atoms with Gasteiger partial charge in [0.05, 0.1) is 12.6 Å². The van der Waals surface area contributed by atoms with Gasteiger partial charge in [-0.1, -0.05) is 0 Å². The number of carbonyl (C=O) groups is 1. The average molecular weight is 263 g/mol. The molecule has 0 saturated carbocycles. The first-order chi connectivity index (χ1) is 8.24. The Morgan fingerprint density at radius 1 is 1.39 bits per heavy atom. The number of nitrogens with one attached hydrogen (secondary N) is 1. The summed E-state index contributed by atoms with van der Waals surface area (Å²) >= 11 is 0. The number of carbonyl (C=O) groups excluding carboxylic acids is 1. The molecule has 18 heavy (non-hydrogen) atoms. The second kappa shape index (κ2) is 8.31. The quantitative estimate of drug-likeness (QED) is 0.339. The molecule has 0 aromatic heterocycles. The Bertz CT molecular complexity index is 243. The van der Waals surface area contributed by atoms with Crippen molar-refractivity contribution in [2.24, 2.45) is 0 Å². The van der Waals surface area contributed by atoms with Gasteiger partial charge in [-0.15, -0.1) is 0 Å². The van der Waals surface area contributed by atoms with Crippen LogP contribution in [0, 0.1) is 0 Å². The normalized spacial score (nSPS) is 13.0. The molecule has 1 amide bonds. The number of alkyl carbamates (subject to hydrolysis) is 1. The molecule has 0 aliphatic rings. The van der Waals surface area contributed by atoms with E-state index in [-0.39, 0.29) is 19.7 Å². The number of amides is 1. The zero-order chi connectivity index (χ0) is 14.2. The smallest absolute Gasteiger partial charge is 0.444 e. The third-order valence-electron chi connectivity index (χ3n) is 1.74. The fourth-order valence-corrected chi connectivity index (χ4v) is 1.17. The van der Waals surface area contributed by atoms with Gasteiger partial charge in [-0.2, -0.15) is 0 Å². The van der Waals surface area contributed by atoms with E-state index in [2.05, 4.69) is 5.32 Å². The number of rotatable bonds is 7. The van der Waals surface area contributed by atoms with E-state index in [9.17, 15) is 4.79 Å². The first kappa shape index (κ1) is 17.2. The van der Waals surface area contributed by atoms with Crippen LogP contribution in [0.2, 0.25) is 6.32 Å². The molecule has 8 heteroatoms. The maximum absolute atomic E-state index is 11.5. The molecule has 0 fully saturated rings. The van der Waals surface area contributed by atoms with Crippen molar-refractivity contribution >= 4 is 13.2 Å². The van der Waals surface area contributed by atoms with Gasteiger partial charge in [-0.25, -0.2) is 4.79 Å². The van der Waals surface area contributed by atoms with Crippen molar-refractivity contribution in [3.8, 4) is 0 Å². The van der Waals surface area contributed by atoms with E-state index in [0.717, 1.165) is 0 Å². The van der Waals surface area contributed by atoms with Gasteiger partial charge in [0.15, 0.2) is 0 Å². The minimum atomic E-state index is -1.53. The summed E-state index contributed by atoms with van der Waals surface area (Å²) in [4.78, 5) is 11.5. The van der Waals surface area contributed by atoms with Crippen LogP contribution >= 0.6 is 0 Å². The molecule has 3 N–H and O–H groups in total. The highest BCUT2D eigenvalue weighted by molar-refractivity contribution is 6.41. The summed E-state index contributed by atoms with van der Waals surface area (Å²) in [5, 5.41) is 20.3. The van der Waals surface area contributed by atoms with E-state index in [1.807, 2.05) is 0 Å². The van der Waals surface area contributed by atoms with Gasteiger partial charge in [0.2, 0.25) is 0 Å². The Morgan fingerprint density at radius 3 is 2.44 bits per heavy atom. The molecule has 0 heterocycles. The second-order valence-corrected chi connectivity index (χ2v) is 4.84. The first-order valence-electron chi connectivity index (χ1n) is 5.67. The predicted octanol–water partition coefficient (Wildman–Crippen LogP) is -0.0270. The van der Waals surface area contributed by atoms with Crippen LogP contribution in [0.15, 0.2) is 0 Å². The van der Waals surface area contributed by atoms with Crippen LogP contribution in [0.4, 0.5) is 4.79 Å². The van der Waals surface area contributed by atoms with Gasteiger partial charge in [0, 0.05) is 13.4 Å². The Hall–Kier alpha value is -0.825. The SMILES string of the molecule is COCOC[C@H](CB(O)O)NC(=O)OC(C)(C)C. The van der Waals surface area contributed by atoms with Crippen LogP contribution in [0.25, 0.3) is 0 Å². The largest absolute Gasteiger partial charge is 0.453 e. The molecule has 0 bridgehead atoms. The Morgan fingerprint density at radius 2 is 2.00 bits per heavy atom. The third kappa shape index (κ3) is 10.3. The predicted molar refractivity (Wildman–Crippen MR) is 66.0 cm³/mol. The Labute approximate surface area is 108 Å². The minimum absolute atomic E-state index is 0.0526. The Kier molecular flexibility index (Phi) is 7.93. The lowest BCUT2D eigenvalue weighted by Crippen LogP contribution is -2.43. The van der Waals surface area contributed by atoms with Gasteiger partial charge < -0.3 is 29.6 Å². The summed E-state index contributed by atoms with van der Waals surface area (Å²) in [7, 11) is -0.0620. The summed E-state index contributed by atoms with van der Waals surface area (Å²) < 4.78 is 14.8. The third-order valence-corrected chi connectivity index (χ3v) is 1.74. The van der Waals surface area contributed by atoms with Crippen molar-refractivity contribution < 1.29 is 29.1 Å². The second-order valence-electron chi connectivity index (χ2n) is 4.84. The fraction of sp³-hybridized carbons (Fsp3) is 0.900. The fourth-order valence-electron chi connectivity index (χ4n) is 1.17. The maximum Gasteiger partial charge on any atom is 0.453 e. The standard InChI is InChI=1S/C10H22BNO6/c1-10(2,3)18-9(13)12-8(5-11(14)15)6-17-7-16-4/h8,14-15H,5-7H2,1-4H3,(H,12,13)/t8-/m0/s1. The lowest BCUT2D eigenvalue weighted by atomic mass is 9.82. The average Bonchev–Trinajstić information content (AvgIpc) is 2.13. The van der Waals surface area contributed by atoms with Gasteiger partial charge in [-0.05, 0) is 20.8 Å². The van der Waals surface area contributed by atoms with Crippen molar-refractivity contribution in [2.45, 2.75) is 38.7 Å². The van der Waals surface area contributed by atoms with Gasteiger partial charge in [0.1, 0.15) is 12.4 Å². The molecule has 0 aliphatic carbocycles. The molecular weight excluding hydrogens is 241 g/mol. The van der Waals surface area contributed by atoms with E-state index in [1.165, 1.54) is 7.11 Å². The molecule has 0 rings (SSSR count). The maximum atomic E-state index is 11.5. The van der Waals surface area contributed by atoms with E-state index < -0.39 is 24.9 Å².